The van der Waals surface area contributed by atoms with E-state index < -0.39 is 5.97 Å². The normalized spacial score (nSPS) is 10.6. The van der Waals surface area contributed by atoms with Crippen LogP contribution >= 0.6 is 0 Å². The monoisotopic (exact) mass is 206 g/mol. The van der Waals surface area contributed by atoms with Crippen LogP contribution < -0.4 is 4.74 Å². The van der Waals surface area contributed by atoms with E-state index in [1.165, 1.54) is 6.08 Å². The highest BCUT2D eigenvalue weighted by Gasteiger charge is 2.03. The molecule has 0 aliphatic heterocycles. The summed E-state index contributed by atoms with van der Waals surface area (Å²) in [6.07, 6.45) is 2.64. The van der Waals surface area contributed by atoms with E-state index in [1.807, 2.05) is 26.0 Å². The number of ether oxygens (including phenoxy) is 1. The Morgan fingerprint density at radius 2 is 1.93 bits per heavy atom. The fraction of sp³-hybridized carbons (Fsp3) is 0.250. The van der Waals surface area contributed by atoms with Crippen LogP contribution in [-0.4, -0.2) is 18.2 Å². The molecule has 0 heterocycles. The molecule has 1 aromatic carbocycles. The number of carboxylic acids is 1. The lowest BCUT2D eigenvalue weighted by Crippen LogP contribution is -1.92. The van der Waals surface area contributed by atoms with E-state index in [2.05, 4.69) is 0 Å². The second-order valence-corrected chi connectivity index (χ2v) is 3.35. The van der Waals surface area contributed by atoms with Gasteiger partial charge in [0.1, 0.15) is 5.75 Å². The molecule has 0 saturated heterocycles. The minimum Gasteiger partial charge on any atom is -0.496 e. The van der Waals surface area contributed by atoms with E-state index in [9.17, 15) is 4.79 Å². The number of carbonyl (C=O) groups is 1. The molecule has 0 spiro atoms. The summed E-state index contributed by atoms with van der Waals surface area (Å²) in [6.45, 7) is 3.97. The van der Waals surface area contributed by atoms with Gasteiger partial charge in [0.2, 0.25) is 0 Å². The third kappa shape index (κ3) is 2.84. The van der Waals surface area contributed by atoms with Gasteiger partial charge in [-0.3, -0.25) is 0 Å². The number of aliphatic carboxylic acids is 1. The molecule has 1 rings (SSSR count). The molecule has 0 radical (unpaired) electrons. The number of hydrogen-bond acceptors (Lipinski definition) is 2. The van der Waals surface area contributed by atoms with E-state index in [4.69, 9.17) is 9.84 Å². The Bertz CT molecular complexity index is 406. The minimum absolute atomic E-state index is 0.690. The van der Waals surface area contributed by atoms with Crippen LogP contribution in [-0.2, 0) is 4.79 Å². The van der Waals surface area contributed by atoms with Gasteiger partial charge in [-0.05, 0) is 43.2 Å². The van der Waals surface area contributed by atoms with Gasteiger partial charge in [-0.2, -0.15) is 0 Å². The first-order valence-corrected chi connectivity index (χ1v) is 4.61. The number of carboxylic acid groups (broad SMARTS) is 1. The molecule has 0 unspecified atom stereocenters. The predicted molar refractivity (Wildman–Crippen MR) is 59.1 cm³/mol. The highest BCUT2D eigenvalue weighted by Crippen LogP contribution is 2.24. The van der Waals surface area contributed by atoms with Gasteiger partial charge in [0.25, 0.3) is 0 Å². The van der Waals surface area contributed by atoms with Crippen molar-refractivity contribution < 1.29 is 14.6 Å². The van der Waals surface area contributed by atoms with Gasteiger partial charge >= 0.3 is 5.97 Å². The summed E-state index contributed by atoms with van der Waals surface area (Å²) < 4.78 is 5.17. The van der Waals surface area contributed by atoms with Crippen molar-refractivity contribution in [1.29, 1.82) is 0 Å². The Kier molecular flexibility index (Phi) is 3.50. The molecule has 0 atom stereocenters. The van der Waals surface area contributed by atoms with Gasteiger partial charge in [-0.15, -0.1) is 0 Å². The Morgan fingerprint density at radius 3 is 2.47 bits per heavy atom. The number of rotatable bonds is 3. The van der Waals surface area contributed by atoms with E-state index in [-0.39, 0.29) is 0 Å². The number of benzene rings is 1. The predicted octanol–water partition coefficient (Wildman–Crippen LogP) is 2.41. The average Bonchev–Trinajstić information content (AvgIpc) is 2.19. The van der Waals surface area contributed by atoms with Crippen LogP contribution in [0.1, 0.15) is 16.7 Å². The molecule has 0 aromatic heterocycles. The zero-order chi connectivity index (χ0) is 11.4. The zero-order valence-electron chi connectivity index (χ0n) is 9.07. The van der Waals surface area contributed by atoms with Crippen molar-refractivity contribution in [3.05, 3.63) is 34.9 Å². The van der Waals surface area contributed by atoms with E-state index in [1.54, 1.807) is 7.11 Å². The van der Waals surface area contributed by atoms with E-state index in [0.29, 0.717) is 5.75 Å². The summed E-state index contributed by atoms with van der Waals surface area (Å²) in [5, 5.41) is 8.53. The highest BCUT2D eigenvalue weighted by molar-refractivity contribution is 5.86. The van der Waals surface area contributed by atoms with Crippen molar-refractivity contribution in [3.8, 4) is 5.75 Å². The van der Waals surface area contributed by atoms with Gasteiger partial charge in [0, 0.05) is 11.6 Å². The molecule has 0 aliphatic rings. The smallest absolute Gasteiger partial charge is 0.328 e. The van der Waals surface area contributed by atoms with E-state index >= 15 is 0 Å². The van der Waals surface area contributed by atoms with Crippen LogP contribution in [0, 0.1) is 13.8 Å². The van der Waals surface area contributed by atoms with Crippen LogP contribution in [0.3, 0.4) is 0 Å². The summed E-state index contributed by atoms with van der Waals surface area (Å²) in [5.74, 6) is -0.272. The Labute approximate surface area is 89.0 Å². The maximum absolute atomic E-state index is 10.4. The number of aryl methyl sites for hydroxylation is 2. The molecule has 0 aliphatic carbocycles. The second kappa shape index (κ2) is 4.64. The van der Waals surface area contributed by atoms with Gasteiger partial charge in [0.05, 0.1) is 7.11 Å². The summed E-state index contributed by atoms with van der Waals surface area (Å²) in [4.78, 5) is 10.4. The van der Waals surface area contributed by atoms with Gasteiger partial charge in [0.15, 0.2) is 0 Å². The van der Waals surface area contributed by atoms with Gasteiger partial charge in [-0.1, -0.05) is 0 Å². The van der Waals surface area contributed by atoms with Gasteiger partial charge < -0.3 is 9.84 Å². The Morgan fingerprint density at radius 1 is 1.33 bits per heavy atom. The van der Waals surface area contributed by atoms with Crippen molar-refractivity contribution >= 4 is 12.0 Å². The largest absolute Gasteiger partial charge is 0.496 e. The summed E-state index contributed by atoms with van der Waals surface area (Å²) in [5.41, 5.74) is 3.02. The molecule has 15 heavy (non-hydrogen) atoms. The highest BCUT2D eigenvalue weighted by atomic mass is 16.5. The van der Waals surface area contributed by atoms with Crippen molar-refractivity contribution in [2.45, 2.75) is 13.8 Å². The molecule has 0 bridgehead atoms. The van der Waals surface area contributed by atoms with E-state index in [0.717, 1.165) is 22.8 Å². The summed E-state index contributed by atoms with van der Waals surface area (Å²) >= 11 is 0. The second-order valence-electron chi connectivity index (χ2n) is 3.35. The van der Waals surface area contributed by atoms with Crippen molar-refractivity contribution in [3.63, 3.8) is 0 Å². The standard InChI is InChI=1S/C12H14O3/c1-8-6-10(4-5-12(13)14)11(15-3)7-9(8)2/h4-7H,1-3H3,(H,13,14)/b5-4+. The molecular formula is C12H14O3. The maximum atomic E-state index is 10.4. The summed E-state index contributed by atoms with van der Waals surface area (Å²) in [6, 6.07) is 3.81. The van der Waals surface area contributed by atoms with Gasteiger partial charge in [-0.25, -0.2) is 4.79 Å². The molecule has 1 N–H and O–H groups in total. The summed E-state index contributed by atoms with van der Waals surface area (Å²) in [7, 11) is 1.57. The molecule has 0 fully saturated rings. The van der Waals surface area contributed by atoms with Crippen molar-refractivity contribution in [2.75, 3.05) is 7.11 Å². The van der Waals surface area contributed by atoms with Crippen LogP contribution in [0.2, 0.25) is 0 Å². The zero-order valence-corrected chi connectivity index (χ0v) is 9.07. The molecule has 0 amide bonds. The first-order valence-electron chi connectivity index (χ1n) is 4.61. The molecule has 1 aromatic rings. The SMILES string of the molecule is COc1cc(C)c(C)cc1/C=C/C(=O)O. The Balaban J connectivity index is 3.16. The topological polar surface area (TPSA) is 46.5 Å². The maximum Gasteiger partial charge on any atom is 0.328 e. The lowest BCUT2D eigenvalue weighted by atomic mass is 10.0. The van der Waals surface area contributed by atoms with Crippen molar-refractivity contribution in [1.82, 2.24) is 0 Å². The molecule has 0 saturated carbocycles. The number of methoxy groups -OCH3 is 1. The first-order chi connectivity index (χ1) is 7.04. The lowest BCUT2D eigenvalue weighted by Gasteiger charge is -2.08. The van der Waals surface area contributed by atoms with Crippen LogP contribution in [0.5, 0.6) is 5.75 Å². The fourth-order valence-corrected chi connectivity index (χ4v) is 1.28. The number of hydrogen-bond donors (Lipinski definition) is 1. The third-order valence-corrected chi connectivity index (χ3v) is 2.25. The van der Waals surface area contributed by atoms with Crippen LogP contribution in [0.4, 0.5) is 0 Å². The Hall–Kier alpha value is -1.77. The lowest BCUT2D eigenvalue weighted by molar-refractivity contribution is -0.131. The van der Waals surface area contributed by atoms with Crippen molar-refractivity contribution in [2.24, 2.45) is 0 Å². The third-order valence-electron chi connectivity index (χ3n) is 2.25. The average molecular weight is 206 g/mol. The molecular weight excluding hydrogens is 192 g/mol. The van der Waals surface area contributed by atoms with Crippen LogP contribution in [0.15, 0.2) is 18.2 Å². The molecule has 3 nitrogen and oxygen atoms in total. The minimum atomic E-state index is -0.963. The molecule has 3 heteroatoms. The first kappa shape index (κ1) is 11.3. The fourth-order valence-electron chi connectivity index (χ4n) is 1.28. The quantitative estimate of drug-likeness (QED) is 0.772. The van der Waals surface area contributed by atoms with Crippen LogP contribution in [0.25, 0.3) is 6.08 Å². The molecule has 80 valence electrons.